The van der Waals surface area contributed by atoms with Crippen LogP contribution in [0.1, 0.15) is 30.0 Å². The predicted octanol–water partition coefficient (Wildman–Crippen LogP) is 2.84. The minimum Gasteiger partial charge on any atom is -0.324 e. The topological polar surface area (TPSA) is 38.0 Å². The third kappa shape index (κ3) is 3.45. The van der Waals surface area contributed by atoms with Crippen molar-refractivity contribution in [2.24, 2.45) is 11.7 Å². The van der Waals surface area contributed by atoms with Gasteiger partial charge in [-0.3, -0.25) is 0 Å². The molecule has 0 amide bonds. The van der Waals surface area contributed by atoms with Crippen molar-refractivity contribution in [1.82, 2.24) is 5.32 Å². The summed E-state index contributed by atoms with van der Waals surface area (Å²) >= 11 is 0. The van der Waals surface area contributed by atoms with E-state index in [0.29, 0.717) is 6.07 Å². The monoisotopic (exact) mass is 276 g/mol. The molecule has 0 spiro atoms. The molecule has 106 valence electrons. The molecule has 1 fully saturated rings. The highest BCUT2D eigenvalue weighted by Gasteiger charge is 2.32. The first-order valence-electron chi connectivity index (χ1n) is 6.22. The molecule has 1 atom stereocenters. The summed E-state index contributed by atoms with van der Waals surface area (Å²) in [5.74, 6) is -0.807. The highest BCUT2D eigenvalue weighted by molar-refractivity contribution is 5.29. The van der Waals surface area contributed by atoms with E-state index in [-0.39, 0.29) is 11.5 Å². The minimum absolute atomic E-state index is 0.0872. The van der Waals surface area contributed by atoms with Crippen molar-refractivity contribution in [2.75, 3.05) is 13.1 Å². The lowest BCUT2D eigenvalue weighted by Crippen LogP contribution is -2.33. The van der Waals surface area contributed by atoms with E-state index in [2.05, 4.69) is 5.32 Å². The normalized spacial score (nSPS) is 19.4. The zero-order valence-corrected chi connectivity index (χ0v) is 10.3. The molecular formula is C13H16F4N2. The van der Waals surface area contributed by atoms with Crippen molar-refractivity contribution in [1.29, 1.82) is 0 Å². The Morgan fingerprint density at radius 3 is 2.37 bits per heavy atom. The maximum atomic E-state index is 13.3. The van der Waals surface area contributed by atoms with Gasteiger partial charge in [-0.25, -0.2) is 4.39 Å². The van der Waals surface area contributed by atoms with Gasteiger partial charge in [0.1, 0.15) is 5.82 Å². The fraction of sp³-hybridized carbons (Fsp3) is 0.538. The molecule has 1 aromatic carbocycles. The molecule has 2 rings (SSSR count). The Balaban J connectivity index is 2.26. The van der Waals surface area contributed by atoms with E-state index < -0.39 is 23.6 Å². The highest BCUT2D eigenvalue weighted by atomic mass is 19.4. The highest BCUT2D eigenvalue weighted by Crippen LogP contribution is 2.34. The standard InChI is InChI=1S/C13H16F4N2/c14-11-6-9(5-10(7-11)13(15,16)17)12(18)8-1-3-19-4-2-8/h5-8,12,19H,1-4,18H2/t12-/m1/s1. The zero-order chi connectivity index (χ0) is 14.0. The Kier molecular flexibility index (Phi) is 4.10. The minimum atomic E-state index is -4.55. The van der Waals surface area contributed by atoms with Crippen molar-refractivity contribution >= 4 is 0 Å². The van der Waals surface area contributed by atoms with Gasteiger partial charge in [0.15, 0.2) is 0 Å². The van der Waals surface area contributed by atoms with Crippen LogP contribution in [0.3, 0.4) is 0 Å². The molecule has 0 aromatic heterocycles. The summed E-state index contributed by atoms with van der Waals surface area (Å²) in [7, 11) is 0. The van der Waals surface area contributed by atoms with Crippen LogP contribution in [-0.4, -0.2) is 13.1 Å². The molecule has 1 aliphatic heterocycles. The van der Waals surface area contributed by atoms with Crippen LogP contribution in [0.4, 0.5) is 17.6 Å². The van der Waals surface area contributed by atoms with Gasteiger partial charge in [-0.1, -0.05) is 0 Å². The molecule has 0 saturated carbocycles. The summed E-state index contributed by atoms with van der Waals surface area (Å²) in [5, 5.41) is 3.16. The van der Waals surface area contributed by atoms with E-state index >= 15 is 0 Å². The third-order valence-corrected chi connectivity index (χ3v) is 3.52. The Morgan fingerprint density at radius 2 is 1.79 bits per heavy atom. The number of rotatable bonds is 2. The van der Waals surface area contributed by atoms with Gasteiger partial charge in [0.25, 0.3) is 0 Å². The molecule has 6 heteroatoms. The van der Waals surface area contributed by atoms with Crippen molar-refractivity contribution in [3.63, 3.8) is 0 Å². The van der Waals surface area contributed by atoms with Gasteiger partial charge in [-0.2, -0.15) is 13.2 Å². The average molecular weight is 276 g/mol. The lowest BCUT2D eigenvalue weighted by Gasteiger charge is -2.28. The van der Waals surface area contributed by atoms with Gasteiger partial charge < -0.3 is 11.1 Å². The zero-order valence-electron chi connectivity index (χ0n) is 10.3. The molecule has 1 heterocycles. The van der Waals surface area contributed by atoms with Gasteiger partial charge in [0, 0.05) is 6.04 Å². The molecule has 0 unspecified atom stereocenters. The van der Waals surface area contributed by atoms with Gasteiger partial charge >= 0.3 is 6.18 Å². The summed E-state index contributed by atoms with van der Waals surface area (Å²) in [6.07, 6.45) is -2.97. The smallest absolute Gasteiger partial charge is 0.324 e. The van der Waals surface area contributed by atoms with Crippen LogP contribution in [-0.2, 0) is 6.18 Å². The molecule has 3 N–H and O–H groups in total. The number of benzene rings is 1. The lowest BCUT2D eigenvalue weighted by molar-refractivity contribution is -0.137. The van der Waals surface area contributed by atoms with Crippen LogP contribution in [0.15, 0.2) is 18.2 Å². The Labute approximate surface area is 109 Å². The van der Waals surface area contributed by atoms with Crippen LogP contribution < -0.4 is 11.1 Å². The number of halogens is 4. The quantitative estimate of drug-likeness (QED) is 0.815. The Bertz CT molecular complexity index is 439. The summed E-state index contributed by atoms with van der Waals surface area (Å²) < 4.78 is 51.2. The maximum absolute atomic E-state index is 13.3. The van der Waals surface area contributed by atoms with Crippen molar-refractivity contribution in [3.05, 3.63) is 35.1 Å². The molecule has 2 nitrogen and oxygen atoms in total. The largest absolute Gasteiger partial charge is 0.416 e. The summed E-state index contributed by atoms with van der Waals surface area (Å²) in [6.45, 7) is 1.58. The molecule has 0 aliphatic carbocycles. The van der Waals surface area contributed by atoms with E-state index in [0.717, 1.165) is 38.1 Å². The molecule has 19 heavy (non-hydrogen) atoms. The molecule has 1 aromatic rings. The fourth-order valence-electron chi connectivity index (χ4n) is 2.44. The summed E-state index contributed by atoms with van der Waals surface area (Å²) in [4.78, 5) is 0. The molecule has 1 saturated heterocycles. The molecular weight excluding hydrogens is 260 g/mol. The second kappa shape index (κ2) is 5.46. The van der Waals surface area contributed by atoms with Crippen LogP contribution in [0, 0.1) is 11.7 Å². The number of piperidine rings is 1. The second-order valence-electron chi connectivity index (χ2n) is 4.88. The SMILES string of the molecule is N[C@@H](c1cc(F)cc(C(F)(F)F)c1)C1CCNCC1. The number of hydrogen-bond acceptors (Lipinski definition) is 2. The van der Waals surface area contributed by atoms with Crippen LogP contribution in [0.25, 0.3) is 0 Å². The first kappa shape index (κ1) is 14.3. The van der Waals surface area contributed by atoms with E-state index in [1.54, 1.807) is 0 Å². The first-order valence-corrected chi connectivity index (χ1v) is 6.22. The Morgan fingerprint density at radius 1 is 1.16 bits per heavy atom. The molecule has 1 aliphatic rings. The summed E-state index contributed by atoms with van der Waals surface area (Å²) in [5.41, 5.74) is 5.23. The Hall–Kier alpha value is -1.14. The first-order chi connectivity index (χ1) is 8.88. The van der Waals surface area contributed by atoms with Gasteiger partial charge in [-0.05, 0) is 55.6 Å². The van der Waals surface area contributed by atoms with Crippen LogP contribution in [0.2, 0.25) is 0 Å². The lowest BCUT2D eigenvalue weighted by atomic mass is 9.86. The van der Waals surface area contributed by atoms with Crippen LogP contribution >= 0.6 is 0 Å². The van der Waals surface area contributed by atoms with E-state index in [9.17, 15) is 17.6 Å². The van der Waals surface area contributed by atoms with Crippen molar-refractivity contribution < 1.29 is 17.6 Å². The number of nitrogens with one attached hydrogen (secondary N) is 1. The molecule has 0 radical (unpaired) electrons. The van der Waals surface area contributed by atoms with Gasteiger partial charge in [-0.15, -0.1) is 0 Å². The van der Waals surface area contributed by atoms with Crippen molar-refractivity contribution in [2.45, 2.75) is 25.1 Å². The fourth-order valence-corrected chi connectivity index (χ4v) is 2.44. The maximum Gasteiger partial charge on any atom is 0.416 e. The predicted molar refractivity (Wildman–Crippen MR) is 63.9 cm³/mol. The number of nitrogens with two attached hydrogens (primary N) is 1. The van der Waals surface area contributed by atoms with E-state index in [1.807, 2.05) is 0 Å². The summed E-state index contributed by atoms with van der Waals surface area (Å²) in [6, 6.07) is 2.00. The van der Waals surface area contributed by atoms with Gasteiger partial charge in [0.2, 0.25) is 0 Å². The number of alkyl halides is 3. The average Bonchev–Trinajstić information content (AvgIpc) is 2.37. The van der Waals surface area contributed by atoms with Crippen LogP contribution in [0.5, 0.6) is 0 Å². The third-order valence-electron chi connectivity index (χ3n) is 3.52. The number of hydrogen-bond donors (Lipinski definition) is 2. The van der Waals surface area contributed by atoms with Crippen molar-refractivity contribution in [3.8, 4) is 0 Å². The van der Waals surface area contributed by atoms with E-state index in [1.165, 1.54) is 0 Å². The van der Waals surface area contributed by atoms with E-state index in [4.69, 9.17) is 5.73 Å². The second-order valence-corrected chi connectivity index (χ2v) is 4.88. The van der Waals surface area contributed by atoms with Gasteiger partial charge in [0.05, 0.1) is 5.56 Å². The molecule has 0 bridgehead atoms.